The number of nitrogens with one attached hydrogen (secondary N) is 1. The molecule has 0 aliphatic rings. The van der Waals surface area contributed by atoms with E-state index in [4.69, 9.17) is 4.74 Å². The van der Waals surface area contributed by atoms with E-state index in [2.05, 4.69) is 10.1 Å². The molecule has 1 rings (SSSR count). The Kier molecular flexibility index (Phi) is 5.26. The summed E-state index contributed by atoms with van der Waals surface area (Å²) in [5, 5.41) is 2.39. The molecule has 0 radical (unpaired) electrons. The SMILES string of the molecule is COCO/C=C(\NC(C)=O)c1ccc(F)cc1F. The summed E-state index contributed by atoms with van der Waals surface area (Å²) in [5.74, 6) is -1.89. The molecule has 0 atom stereocenters. The average molecular weight is 257 g/mol. The van der Waals surface area contributed by atoms with Gasteiger partial charge in [-0.2, -0.15) is 0 Å². The van der Waals surface area contributed by atoms with E-state index in [0.717, 1.165) is 18.4 Å². The zero-order chi connectivity index (χ0) is 13.5. The van der Waals surface area contributed by atoms with Crippen LogP contribution in [0.25, 0.3) is 5.70 Å². The second-order valence-electron chi connectivity index (χ2n) is 3.41. The van der Waals surface area contributed by atoms with Gasteiger partial charge in [0.05, 0.1) is 5.70 Å². The minimum atomic E-state index is -0.795. The van der Waals surface area contributed by atoms with Crippen LogP contribution in [0.3, 0.4) is 0 Å². The van der Waals surface area contributed by atoms with Gasteiger partial charge in [-0.15, -0.1) is 0 Å². The number of hydrogen-bond donors (Lipinski definition) is 1. The normalized spacial score (nSPS) is 11.2. The monoisotopic (exact) mass is 257 g/mol. The van der Waals surface area contributed by atoms with Crippen LogP contribution in [0.1, 0.15) is 12.5 Å². The lowest BCUT2D eigenvalue weighted by Gasteiger charge is -2.10. The molecule has 0 heterocycles. The molecule has 6 heteroatoms. The third-order valence-electron chi connectivity index (χ3n) is 1.92. The standard InChI is InChI=1S/C12H13F2NO3/c1-8(16)15-12(6-18-7-17-2)10-4-3-9(13)5-11(10)14/h3-6H,7H2,1-2H3,(H,15,16)/b12-6-. The zero-order valence-electron chi connectivity index (χ0n) is 10.00. The number of halogens is 2. The van der Waals surface area contributed by atoms with Gasteiger partial charge in [-0.1, -0.05) is 0 Å². The van der Waals surface area contributed by atoms with Gasteiger partial charge in [0, 0.05) is 25.7 Å². The molecule has 18 heavy (non-hydrogen) atoms. The predicted molar refractivity (Wildman–Crippen MR) is 61.1 cm³/mol. The molecular weight excluding hydrogens is 244 g/mol. The van der Waals surface area contributed by atoms with Gasteiger partial charge in [0.2, 0.25) is 5.91 Å². The van der Waals surface area contributed by atoms with E-state index in [1.807, 2.05) is 0 Å². The van der Waals surface area contributed by atoms with Crippen LogP contribution in [0.2, 0.25) is 0 Å². The molecule has 1 N–H and O–H groups in total. The molecule has 4 nitrogen and oxygen atoms in total. The molecule has 0 spiro atoms. The van der Waals surface area contributed by atoms with Crippen molar-refractivity contribution in [1.29, 1.82) is 0 Å². The van der Waals surface area contributed by atoms with Crippen molar-refractivity contribution >= 4 is 11.6 Å². The molecule has 0 fully saturated rings. The molecule has 0 unspecified atom stereocenters. The van der Waals surface area contributed by atoms with Crippen LogP contribution in [-0.2, 0) is 14.3 Å². The minimum absolute atomic E-state index is 0.0303. The van der Waals surface area contributed by atoms with Crippen molar-refractivity contribution in [3.05, 3.63) is 41.7 Å². The molecule has 1 aromatic carbocycles. The zero-order valence-corrected chi connectivity index (χ0v) is 10.00. The fraction of sp³-hybridized carbons (Fsp3) is 0.250. The summed E-state index contributed by atoms with van der Waals surface area (Å²) in [6.07, 6.45) is 1.14. The van der Waals surface area contributed by atoms with E-state index in [9.17, 15) is 13.6 Å². The first-order valence-corrected chi connectivity index (χ1v) is 5.08. The minimum Gasteiger partial charge on any atom is -0.473 e. The van der Waals surface area contributed by atoms with Crippen LogP contribution in [0.15, 0.2) is 24.5 Å². The maximum absolute atomic E-state index is 13.5. The van der Waals surface area contributed by atoms with Crippen LogP contribution in [0.5, 0.6) is 0 Å². The van der Waals surface area contributed by atoms with Gasteiger partial charge < -0.3 is 14.8 Å². The fourth-order valence-electron chi connectivity index (χ4n) is 1.24. The first-order chi connectivity index (χ1) is 8.54. The average Bonchev–Trinajstić information content (AvgIpc) is 2.27. The molecule has 0 aromatic heterocycles. The van der Waals surface area contributed by atoms with Gasteiger partial charge >= 0.3 is 0 Å². The molecule has 0 bridgehead atoms. The van der Waals surface area contributed by atoms with Gasteiger partial charge in [0.1, 0.15) is 17.9 Å². The largest absolute Gasteiger partial charge is 0.473 e. The van der Waals surface area contributed by atoms with E-state index in [0.29, 0.717) is 0 Å². The number of carbonyl (C=O) groups excluding carboxylic acids is 1. The van der Waals surface area contributed by atoms with E-state index < -0.39 is 17.5 Å². The Morgan fingerprint density at radius 1 is 1.44 bits per heavy atom. The summed E-state index contributed by atoms with van der Waals surface area (Å²) >= 11 is 0. The number of amides is 1. The van der Waals surface area contributed by atoms with Crippen LogP contribution < -0.4 is 5.32 Å². The number of carbonyl (C=O) groups is 1. The second-order valence-corrected chi connectivity index (χ2v) is 3.41. The van der Waals surface area contributed by atoms with Crippen molar-refractivity contribution in [2.45, 2.75) is 6.92 Å². The summed E-state index contributed by atoms with van der Waals surface area (Å²) in [6, 6.07) is 3.02. The van der Waals surface area contributed by atoms with Gasteiger partial charge in [0.15, 0.2) is 6.79 Å². The first-order valence-electron chi connectivity index (χ1n) is 5.08. The molecule has 1 amide bonds. The van der Waals surface area contributed by atoms with Gasteiger partial charge in [-0.25, -0.2) is 8.78 Å². The summed E-state index contributed by atoms with van der Waals surface area (Å²) < 4.78 is 35.9. The quantitative estimate of drug-likeness (QED) is 0.498. The third kappa shape index (κ3) is 4.14. The number of hydrogen-bond acceptors (Lipinski definition) is 3. The number of benzene rings is 1. The van der Waals surface area contributed by atoms with Gasteiger partial charge in [-0.05, 0) is 12.1 Å². The van der Waals surface area contributed by atoms with Gasteiger partial charge in [0.25, 0.3) is 0 Å². The number of methoxy groups -OCH3 is 1. The van der Waals surface area contributed by atoms with Crippen LogP contribution in [-0.4, -0.2) is 19.8 Å². The molecule has 0 saturated heterocycles. The summed E-state index contributed by atoms with van der Waals surface area (Å²) in [6.45, 7) is 1.22. The third-order valence-corrected chi connectivity index (χ3v) is 1.92. The van der Waals surface area contributed by atoms with Crippen molar-refractivity contribution in [3.63, 3.8) is 0 Å². The Morgan fingerprint density at radius 3 is 2.72 bits per heavy atom. The van der Waals surface area contributed by atoms with Gasteiger partial charge in [-0.3, -0.25) is 4.79 Å². The van der Waals surface area contributed by atoms with E-state index in [1.165, 1.54) is 20.1 Å². The highest BCUT2D eigenvalue weighted by molar-refractivity contribution is 5.84. The number of ether oxygens (including phenoxy) is 2. The van der Waals surface area contributed by atoms with Crippen LogP contribution in [0.4, 0.5) is 8.78 Å². The maximum atomic E-state index is 13.5. The Hall–Kier alpha value is -1.95. The topological polar surface area (TPSA) is 47.6 Å². The highest BCUT2D eigenvalue weighted by atomic mass is 19.1. The Balaban J connectivity index is 3.01. The summed E-state index contributed by atoms with van der Waals surface area (Å²) in [4.78, 5) is 11.0. The summed E-state index contributed by atoms with van der Waals surface area (Å²) in [5.41, 5.74) is 0.125. The van der Waals surface area contributed by atoms with Crippen molar-refractivity contribution in [1.82, 2.24) is 5.32 Å². The molecule has 0 aliphatic heterocycles. The lowest BCUT2D eigenvalue weighted by Crippen LogP contribution is -2.19. The van der Waals surface area contributed by atoms with Crippen LogP contribution in [0, 0.1) is 11.6 Å². The smallest absolute Gasteiger partial charge is 0.221 e. The van der Waals surface area contributed by atoms with Crippen molar-refractivity contribution < 1.29 is 23.0 Å². The molecule has 1 aromatic rings. The second kappa shape index (κ2) is 6.70. The predicted octanol–water partition coefficient (Wildman–Crippen LogP) is 2.02. The first kappa shape index (κ1) is 14.1. The van der Waals surface area contributed by atoms with E-state index in [-0.39, 0.29) is 18.1 Å². The Morgan fingerprint density at radius 2 is 2.17 bits per heavy atom. The lowest BCUT2D eigenvalue weighted by molar-refractivity contribution is -0.117. The van der Waals surface area contributed by atoms with Crippen molar-refractivity contribution in [2.24, 2.45) is 0 Å². The highest BCUT2D eigenvalue weighted by Crippen LogP contribution is 2.17. The molecule has 0 aliphatic carbocycles. The summed E-state index contributed by atoms with van der Waals surface area (Å²) in [7, 11) is 1.42. The van der Waals surface area contributed by atoms with E-state index in [1.54, 1.807) is 0 Å². The van der Waals surface area contributed by atoms with E-state index >= 15 is 0 Å². The molecule has 0 saturated carbocycles. The Labute approximate surface area is 103 Å². The molecular formula is C12H13F2NO3. The fourth-order valence-corrected chi connectivity index (χ4v) is 1.24. The number of rotatable bonds is 5. The maximum Gasteiger partial charge on any atom is 0.221 e. The Bertz CT molecular complexity index is 461. The van der Waals surface area contributed by atoms with Crippen molar-refractivity contribution in [3.8, 4) is 0 Å². The van der Waals surface area contributed by atoms with Crippen LogP contribution >= 0.6 is 0 Å². The highest BCUT2D eigenvalue weighted by Gasteiger charge is 2.10. The molecule has 98 valence electrons. The van der Waals surface area contributed by atoms with Crippen molar-refractivity contribution in [2.75, 3.05) is 13.9 Å². The lowest BCUT2D eigenvalue weighted by atomic mass is 10.1.